The van der Waals surface area contributed by atoms with Gasteiger partial charge < -0.3 is 5.32 Å². The van der Waals surface area contributed by atoms with Gasteiger partial charge in [-0.2, -0.15) is 18.3 Å². The van der Waals surface area contributed by atoms with Crippen LogP contribution in [0, 0.1) is 18.6 Å². The minimum atomic E-state index is -4.44. The zero-order valence-electron chi connectivity index (χ0n) is 25.6. The first-order valence-corrected chi connectivity index (χ1v) is 14.6. The molecule has 44 heavy (non-hydrogen) atoms. The number of carbonyl (C=O) groups is 1. The molecule has 0 fully saturated rings. The van der Waals surface area contributed by atoms with Crippen molar-refractivity contribution in [3.05, 3.63) is 99.2 Å². The fraction of sp³-hybridized carbons (Fsp3) is 0.353. The molecule has 0 bridgehead atoms. The second-order valence-electron chi connectivity index (χ2n) is 11.8. The largest absolute Gasteiger partial charge is 0.416 e. The molecule has 2 heterocycles. The third kappa shape index (κ3) is 5.51. The van der Waals surface area contributed by atoms with Crippen molar-refractivity contribution in [2.24, 2.45) is 0 Å². The SMILES string of the molecule is CCc1cccc(CC)c1-n1nc2c(c1-c1cc(F)c(NC(C)=O)cc1F)CN(Cc1ccc(C(F)(F)F)cc1C)C2(C)C. The van der Waals surface area contributed by atoms with E-state index in [0.29, 0.717) is 48.4 Å². The highest BCUT2D eigenvalue weighted by Crippen LogP contribution is 2.46. The van der Waals surface area contributed by atoms with Crippen LogP contribution < -0.4 is 5.32 Å². The third-order valence-electron chi connectivity index (χ3n) is 8.53. The lowest BCUT2D eigenvalue weighted by molar-refractivity contribution is -0.137. The molecule has 1 aliphatic heterocycles. The Hall–Kier alpha value is -4.05. The number of benzene rings is 3. The average Bonchev–Trinajstić information content (AvgIpc) is 3.43. The van der Waals surface area contributed by atoms with E-state index in [2.05, 4.69) is 10.2 Å². The summed E-state index contributed by atoms with van der Waals surface area (Å²) in [4.78, 5) is 13.7. The number of alkyl halides is 3. The van der Waals surface area contributed by atoms with Crippen LogP contribution in [0.15, 0.2) is 48.5 Å². The van der Waals surface area contributed by atoms with Crippen LogP contribution >= 0.6 is 0 Å². The summed E-state index contributed by atoms with van der Waals surface area (Å²) in [5.74, 6) is -2.03. The Morgan fingerprint density at radius 3 is 2.20 bits per heavy atom. The standard InChI is InChI=1S/C34H35F5N4O/c1-7-21-10-9-11-22(8-2)30(21)43-31(25-15-28(36)29(16-27(25)35)40-20(4)44)26-18-42(33(5,6)32(26)41-43)17-23-12-13-24(14-19(23)3)34(37,38)39/h9-16H,7-8,17-18H2,1-6H3,(H,40,44). The van der Waals surface area contributed by atoms with Gasteiger partial charge in [-0.25, -0.2) is 13.5 Å². The lowest BCUT2D eigenvalue weighted by atomic mass is 9.97. The number of carbonyl (C=O) groups excluding carboxylic acids is 1. The molecule has 0 atom stereocenters. The first-order chi connectivity index (χ1) is 20.7. The fourth-order valence-corrected chi connectivity index (χ4v) is 6.08. The van der Waals surface area contributed by atoms with Gasteiger partial charge in [0.05, 0.1) is 33.9 Å². The van der Waals surface area contributed by atoms with Gasteiger partial charge in [-0.1, -0.05) is 38.1 Å². The summed E-state index contributed by atoms with van der Waals surface area (Å²) in [5.41, 5.74) is 4.18. The molecule has 0 radical (unpaired) electrons. The molecule has 0 saturated heterocycles. The van der Waals surface area contributed by atoms with E-state index in [4.69, 9.17) is 5.10 Å². The number of fused-ring (bicyclic) bond motifs is 1. The van der Waals surface area contributed by atoms with Crippen molar-refractivity contribution in [2.75, 3.05) is 5.32 Å². The van der Waals surface area contributed by atoms with Gasteiger partial charge in [0.25, 0.3) is 0 Å². The normalized spacial score (nSPS) is 14.6. The van der Waals surface area contributed by atoms with Gasteiger partial charge in [-0.15, -0.1) is 0 Å². The topological polar surface area (TPSA) is 50.2 Å². The first kappa shape index (κ1) is 31.4. The van der Waals surface area contributed by atoms with Gasteiger partial charge in [0.2, 0.25) is 5.91 Å². The van der Waals surface area contributed by atoms with Gasteiger partial charge in [0.15, 0.2) is 0 Å². The van der Waals surface area contributed by atoms with Crippen molar-refractivity contribution in [2.45, 2.75) is 79.2 Å². The zero-order valence-corrected chi connectivity index (χ0v) is 25.6. The molecule has 3 aromatic carbocycles. The Morgan fingerprint density at radius 2 is 1.64 bits per heavy atom. The van der Waals surface area contributed by atoms with Crippen molar-refractivity contribution in [1.82, 2.24) is 14.7 Å². The van der Waals surface area contributed by atoms with E-state index in [1.807, 2.05) is 45.9 Å². The highest BCUT2D eigenvalue weighted by molar-refractivity contribution is 5.89. The molecule has 1 amide bonds. The number of nitrogens with one attached hydrogen (secondary N) is 1. The Balaban J connectivity index is 1.69. The molecular weight excluding hydrogens is 575 g/mol. The second-order valence-corrected chi connectivity index (χ2v) is 11.8. The van der Waals surface area contributed by atoms with E-state index in [0.717, 1.165) is 46.6 Å². The van der Waals surface area contributed by atoms with Crippen molar-refractivity contribution in [3.8, 4) is 16.9 Å². The minimum Gasteiger partial charge on any atom is -0.324 e. The summed E-state index contributed by atoms with van der Waals surface area (Å²) in [6.45, 7) is 11.5. The summed E-state index contributed by atoms with van der Waals surface area (Å²) in [6, 6.07) is 11.7. The van der Waals surface area contributed by atoms with Gasteiger partial charge in [-0.3, -0.25) is 9.69 Å². The smallest absolute Gasteiger partial charge is 0.324 e. The Morgan fingerprint density at radius 1 is 0.977 bits per heavy atom. The molecule has 0 spiro atoms. The van der Waals surface area contributed by atoms with Crippen molar-refractivity contribution in [1.29, 1.82) is 0 Å². The maximum atomic E-state index is 15.9. The van der Waals surface area contributed by atoms with Crippen LogP contribution in [-0.2, 0) is 42.4 Å². The molecule has 1 N–H and O–H groups in total. The number of amides is 1. The van der Waals surface area contributed by atoms with Crippen molar-refractivity contribution < 1.29 is 26.7 Å². The Kier molecular flexibility index (Phi) is 8.18. The molecule has 0 aliphatic carbocycles. The quantitative estimate of drug-likeness (QED) is 0.214. The molecule has 1 aliphatic rings. The van der Waals surface area contributed by atoms with Gasteiger partial charge in [-0.05, 0) is 74.1 Å². The average molecular weight is 611 g/mol. The van der Waals surface area contributed by atoms with E-state index < -0.39 is 34.8 Å². The lowest BCUT2D eigenvalue weighted by Gasteiger charge is -2.32. The van der Waals surface area contributed by atoms with E-state index >= 15 is 8.78 Å². The molecule has 5 nitrogen and oxygen atoms in total. The number of aromatic nitrogens is 2. The third-order valence-corrected chi connectivity index (χ3v) is 8.53. The molecule has 1 aromatic heterocycles. The van der Waals surface area contributed by atoms with E-state index in [9.17, 15) is 18.0 Å². The van der Waals surface area contributed by atoms with Crippen LogP contribution in [-0.4, -0.2) is 20.6 Å². The fourth-order valence-electron chi connectivity index (χ4n) is 6.08. The first-order valence-electron chi connectivity index (χ1n) is 14.6. The second kappa shape index (κ2) is 11.5. The predicted molar refractivity (Wildman–Crippen MR) is 160 cm³/mol. The van der Waals surface area contributed by atoms with E-state index in [1.165, 1.54) is 13.0 Å². The summed E-state index contributed by atoms with van der Waals surface area (Å²) < 4.78 is 72.9. The molecule has 5 rings (SSSR count). The van der Waals surface area contributed by atoms with Crippen LogP contribution in [0.4, 0.5) is 27.6 Å². The van der Waals surface area contributed by atoms with Crippen LogP contribution in [0.5, 0.6) is 0 Å². The molecule has 10 heteroatoms. The maximum absolute atomic E-state index is 15.9. The van der Waals surface area contributed by atoms with E-state index in [1.54, 1.807) is 11.6 Å². The number of hydrogen-bond donors (Lipinski definition) is 1. The Labute approximate surface area is 253 Å². The Bertz CT molecular complexity index is 1730. The maximum Gasteiger partial charge on any atom is 0.416 e. The zero-order chi connectivity index (χ0) is 32.1. The number of halogens is 5. The number of aryl methyl sites for hydroxylation is 3. The summed E-state index contributed by atoms with van der Waals surface area (Å²) >= 11 is 0. The van der Waals surface area contributed by atoms with Crippen LogP contribution in [0.25, 0.3) is 16.9 Å². The molecule has 232 valence electrons. The monoisotopic (exact) mass is 610 g/mol. The minimum absolute atomic E-state index is 0.00155. The summed E-state index contributed by atoms with van der Waals surface area (Å²) in [6.07, 6.45) is -3.06. The van der Waals surface area contributed by atoms with Crippen LogP contribution in [0.2, 0.25) is 0 Å². The van der Waals surface area contributed by atoms with Crippen LogP contribution in [0.3, 0.4) is 0 Å². The van der Waals surface area contributed by atoms with Crippen molar-refractivity contribution in [3.63, 3.8) is 0 Å². The molecular formula is C34H35F5N4O. The summed E-state index contributed by atoms with van der Waals surface area (Å²) in [5, 5.41) is 7.41. The van der Waals surface area contributed by atoms with E-state index in [-0.39, 0.29) is 11.3 Å². The number of anilines is 1. The van der Waals surface area contributed by atoms with Crippen LogP contribution in [0.1, 0.15) is 73.7 Å². The molecule has 0 unspecified atom stereocenters. The number of rotatable bonds is 7. The molecule has 0 saturated carbocycles. The van der Waals surface area contributed by atoms with Gasteiger partial charge in [0, 0.05) is 37.2 Å². The molecule has 4 aromatic rings. The van der Waals surface area contributed by atoms with Crippen molar-refractivity contribution >= 4 is 11.6 Å². The van der Waals surface area contributed by atoms with Gasteiger partial charge in [0.1, 0.15) is 11.6 Å². The number of para-hydroxylation sites is 1. The highest BCUT2D eigenvalue weighted by atomic mass is 19.4. The number of hydrogen-bond acceptors (Lipinski definition) is 3. The number of nitrogens with zero attached hydrogens (tertiary/aromatic N) is 3. The van der Waals surface area contributed by atoms with Gasteiger partial charge >= 0.3 is 6.18 Å². The lowest BCUT2D eigenvalue weighted by Crippen LogP contribution is -2.36. The predicted octanol–water partition coefficient (Wildman–Crippen LogP) is 8.48. The highest BCUT2D eigenvalue weighted by Gasteiger charge is 2.44. The summed E-state index contributed by atoms with van der Waals surface area (Å²) in [7, 11) is 0.